The lowest BCUT2D eigenvalue weighted by atomic mass is 10.1. The number of hydrogen-bond acceptors (Lipinski definition) is 6. The maximum atomic E-state index is 12.7. The van der Waals surface area contributed by atoms with Gasteiger partial charge < -0.3 is 14.3 Å². The second kappa shape index (κ2) is 8.98. The number of thioether (sulfide) groups is 1. The third-order valence-electron chi connectivity index (χ3n) is 5.92. The lowest BCUT2D eigenvalue weighted by molar-refractivity contribution is -0.113. The standard InChI is InChI=1S/C23H25N5O2S/c1-14-8-4-7-11-18(14)22-26-27-23(30-22)31-13-20(29)25-21-19(12-24)15(2)16(3)28(21)17-9-5-6-10-17/h4,7-8,11,17H,5-6,9-10,13H2,1-3H3,(H,25,29). The van der Waals surface area contributed by atoms with Crippen molar-refractivity contribution in [1.29, 1.82) is 5.26 Å². The molecule has 1 amide bonds. The molecule has 7 nitrogen and oxygen atoms in total. The van der Waals surface area contributed by atoms with Crippen LogP contribution in [0.3, 0.4) is 0 Å². The van der Waals surface area contributed by atoms with Crippen molar-refractivity contribution in [3.63, 3.8) is 0 Å². The number of rotatable bonds is 6. The van der Waals surface area contributed by atoms with Crippen molar-refractivity contribution in [2.75, 3.05) is 11.1 Å². The Bertz CT molecular complexity index is 1150. The number of hydrogen-bond donors (Lipinski definition) is 1. The van der Waals surface area contributed by atoms with E-state index in [1.807, 2.05) is 45.0 Å². The summed E-state index contributed by atoms with van der Waals surface area (Å²) < 4.78 is 7.87. The highest BCUT2D eigenvalue weighted by Gasteiger charge is 2.26. The fraction of sp³-hybridized carbons (Fsp3) is 0.391. The van der Waals surface area contributed by atoms with Crippen molar-refractivity contribution < 1.29 is 9.21 Å². The maximum Gasteiger partial charge on any atom is 0.277 e. The van der Waals surface area contributed by atoms with Gasteiger partial charge in [0.15, 0.2) is 0 Å². The van der Waals surface area contributed by atoms with Crippen molar-refractivity contribution in [3.8, 4) is 17.5 Å². The number of anilines is 1. The zero-order valence-corrected chi connectivity index (χ0v) is 18.8. The first-order valence-electron chi connectivity index (χ1n) is 10.4. The lowest BCUT2D eigenvalue weighted by Gasteiger charge is -2.19. The van der Waals surface area contributed by atoms with Gasteiger partial charge in [0.05, 0.1) is 11.3 Å². The van der Waals surface area contributed by atoms with Crippen LogP contribution < -0.4 is 5.32 Å². The Labute approximate surface area is 185 Å². The molecular formula is C23H25N5O2S. The zero-order chi connectivity index (χ0) is 22.0. The second-order valence-electron chi connectivity index (χ2n) is 7.88. The van der Waals surface area contributed by atoms with Crippen molar-refractivity contribution >= 4 is 23.5 Å². The number of benzene rings is 1. The molecule has 1 fully saturated rings. The highest BCUT2D eigenvalue weighted by Crippen LogP contribution is 2.37. The molecule has 0 atom stereocenters. The average Bonchev–Trinajstić information content (AvgIpc) is 3.49. The zero-order valence-electron chi connectivity index (χ0n) is 17.9. The molecule has 0 spiro atoms. The maximum absolute atomic E-state index is 12.7. The van der Waals surface area contributed by atoms with Gasteiger partial charge in [0.1, 0.15) is 11.9 Å². The van der Waals surface area contributed by atoms with Crippen molar-refractivity contribution in [2.45, 2.75) is 57.7 Å². The minimum absolute atomic E-state index is 0.119. The molecule has 0 saturated heterocycles. The average molecular weight is 436 g/mol. The van der Waals surface area contributed by atoms with Gasteiger partial charge in [-0.25, -0.2) is 0 Å². The molecule has 2 aromatic heterocycles. The van der Waals surface area contributed by atoms with E-state index < -0.39 is 0 Å². The van der Waals surface area contributed by atoms with Gasteiger partial charge >= 0.3 is 0 Å². The molecule has 0 unspecified atom stereocenters. The van der Waals surface area contributed by atoms with Crippen LogP contribution in [0.1, 0.15) is 54.1 Å². The molecule has 4 rings (SSSR count). The quantitative estimate of drug-likeness (QED) is 0.536. The van der Waals surface area contributed by atoms with E-state index in [1.54, 1.807) is 0 Å². The highest BCUT2D eigenvalue weighted by atomic mass is 32.2. The predicted octanol–water partition coefficient (Wildman–Crippen LogP) is 5.18. The number of aromatic nitrogens is 3. The second-order valence-corrected chi connectivity index (χ2v) is 8.81. The molecule has 0 radical (unpaired) electrons. The van der Waals surface area contributed by atoms with Gasteiger partial charge in [-0.3, -0.25) is 4.79 Å². The van der Waals surface area contributed by atoms with E-state index in [4.69, 9.17) is 4.42 Å². The van der Waals surface area contributed by atoms with Crippen LogP contribution in [0.25, 0.3) is 11.5 Å². The Morgan fingerprint density at radius 1 is 1.26 bits per heavy atom. The molecule has 1 aliphatic carbocycles. The number of amides is 1. The Morgan fingerprint density at radius 2 is 2.00 bits per heavy atom. The summed E-state index contributed by atoms with van der Waals surface area (Å²) in [5, 5.41) is 21.2. The third kappa shape index (κ3) is 4.23. The summed E-state index contributed by atoms with van der Waals surface area (Å²) in [6, 6.07) is 10.4. The predicted molar refractivity (Wildman–Crippen MR) is 120 cm³/mol. The normalized spacial score (nSPS) is 14.0. The van der Waals surface area contributed by atoms with E-state index in [0.29, 0.717) is 28.5 Å². The van der Waals surface area contributed by atoms with Crippen molar-refractivity contribution in [2.24, 2.45) is 0 Å². The van der Waals surface area contributed by atoms with Gasteiger partial charge in [0, 0.05) is 17.3 Å². The van der Waals surface area contributed by atoms with Gasteiger partial charge in [0.2, 0.25) is 11.8 Å². The van der Waals surface area contributed by atoms with E-state index in [0.717, 1.165) is 35.2 Å². The van der Waals surface area contributed by atoms with Crippen LogP contribution >= 0.6 is 11.8 Å². The van der Waals surface area contributed by atoms with Crippen LogP contribution in [0.15, 0.2) is 33.9 Å². The number of carbonyl (C=O) groups is 1. The van der Waals surface area contributed by atoms with E-state index in [-0.39, 0.29) is 11.7 Å². The first-order chi connectivity index (χ1) is 15.0. The molecule has 8 heteroatoms. The first-order valence-corrected chi connectivity index (χ1v) is 11.4. The summed E-state index contributed by atoms with van der Waals surface area (Å²) in [5.74, 6) is 0.970. The molecule has 0 bridgehead atoms. The topological polar surface area (TPSA) is 96.7 Å². The SMILES string of the molecule is Cc1ccccc1-c1nnc(SCC(=O)Nc2c(C#N)c(C)c(C)n2C2CCCC2)o1. The first kappa shape index (κ1) is 21.2. The van der Waals surface area contributed by atoms with Crippen LogP contribution in [-0.4, -0.2) is 26.4 Å². The summed E-state index contributed by atoms with van der Waals surface area (Å²) in [4.78, 5) is 12.7. The van der Waals surface area contributed by atoms with Crippen molar-refractivity contribution in [1.82, 2.24) is 14.8 Å². The highest BCUT2D eigenvalue weighted by molar-refractivity contribution is 7.99. The molecule has 3 aromatic rings. The van der Waals surface area contributed by atoms with Crippen molar-refractivity contribution in [3.05, 3.63) is 46.6 Å². The molecule has 1 saturated carbocycles. The summed E-state index contributed by atoms with van der Waals surface area (Å²) in [6.45, 7) is 5.94. The summed E-state index contributed by atoms with van der Waals surface area (Å²) in [6.07, 6.45) is 4.49. The smallest absolute Gasteiger partial charge is 0.277 e. The Balaban J connectivity index is 1.47. The van der Waals surface area contributed by atoms with E-state index in [9.17, 15) is 10.1 Å². The van der Waals surface area contributed by atoms with Crippen LogP contribution in [0.2, 0.25) is 0 Å². The fourth-order valence-electron chi connectivity index (χ4n) is 4.19. The number of nitrogens with zero attached hydrogens (tertiary/aromatic N) is 4. The monoisotopic (exact) mass is 435 g/mol. The Hall–Kier alpha value is -3.05. The summed E-state index contributed by atoms with van der Waals surface area (Å²) in [5.41, 5.74) is 4.44. The van der Waals surface area contributed by atoms with Crippen LogP contribution in [0.4, 0.5) is 5.82 Å². The minimum Gasteiger partial charge on any atom is -0.411 e. The van der Waals surface area contributed by atoms with E-state index >= 15 is 0 Å². The molecule has 1 aromatic carbocycles. The third-order valence-corrected chi connectivity index (χ3v) is 6.74. The van der Waals surface area contributed by atoms with E-state index in [1.165, 1.54) is 24.6 Å². The van der Waals surface area contributed by atoms with Crippen LogP contribution in [0, 0.1) is 32.1 Å². The number of carbonyl (C=O) groups excluding carboxylic acids is 1. The molecule has 1 aliphatic rings. The van der Waals surface area contributed by atoms with Crippen LogP contribution in [0.5, 0.6) is 0 Å². The number of nitriles is 1. The molecule has 31 heavy (non-hydrogen) atoms. The Kier molecular flexibility index (Phi) is 6.14. The Morgan fingerprint density at radius 3 is 2.71 bits per heavy atom. The van der Waals surface area contributed by atoms with Gasteiger partial charge in [-0.2, -0.15) is 5.26 Å². The van der Waals surface area contributed by atoms with Crippen LogP contribution in [-0.2, 0) is 4.79 Å². The molecule has 160 valence electrons. The summed E-state index contributed by atoms with van der Waals surface area (Å²) in [7, 11) is 0. The molecule has 0 aliphatic heterocycles. The van der Waals surface area contributed by atoms with Gasteiger partial charge in [-0.05, 0) is 50.8 Å². The minimum atomic E-state index is -0.200. The molecule has 1 N–H and O–H groups in total. The molecular weight excluding hydrogens is 410 g/mol. The molecule has 2 heterocycles. The van der Waals surface area contributed by atoms with Gasteiger partial charge in [0.25, 0.3) is 5.22 Å². The summed E-state index contributed by atoms with van der Waals surface area (Å²) >= 11 is 1.19. The number of aryl methyl sites for hydroxylation is 1. The number of nitrogens with one attached hydrogen (secondary N) is 1. The van der Waals surface area contributed by atoms with Gasteiger partial charge in [-0.15, -0.1) is 10.2 Å². The largest absolute Gasteiger partial charge is 0.411 e. The van der Waals surface area contributed by atoms with E-state index in [2.05, 4.69) is 26.2 Å². The van der Waals surface area contributed by atoms with Gasteiger partial charge in [-0.1, -0.05) is 42.8 Å². The fourth-order valence-corrected chi connectivity index (χ4v) is 4.75. The lowest BCUT2D eigenvalue weighted by Crippen LogP contribution is -2.19.